The Kier molecular flexibility index (Phi) is 7.43. The van der Waals surface area contributed by atoms with Gasteiger partial charge in [-0.3, -0.25) is 5.32 Å². The largest absolute Gasteiger partial charge is 0.445 e. The molecule has 0 fully saturated rings. The van der Waals surface area contributed by atoms with Crippen LogP contribution in [0.2, 0.25) is 0 Å². The van der Waals surface area contributed by atoms with Crippen molar-refractivity contribution in [2.24, 2.45) is 0 Å². The summed E-state index contributed by atoms with van der Waals surface area (Å²) in [6.45, 7) is 6.02. The van der Waals surface area contributed by atoms with Crippen LogP contribution in [-0.4, -0.2) is 24.3 Å². The minimum absolute atomic E-state index is 0.237. The molecule has 1 aromatic heterocycles. The fourth-order valence-electron chi connectivity index (χ4n) is 2.02. The minimum atomic E-state index is -0.537. The van der Waals surface area contributed by atoms with Crippen LogP contribution in [0.25, 0.3) is 6.08 Å². The van der Waals surface area contributed by atoms with Gasteiger partial charge in [-0.25, -0.2) is 9.59 Å². The van der Waals surface area contributed by atoms with Crippen molar-refractivity contribution in [2.45, 2.75) is 33.0 Å². The van der Waals surface area contributed by atoms with Gasteiger partial charge in [0.2, 0.25) is 0 Å². The molecule has 0 radical (unpaired) electrons. The number of anilines is 1. The summed E-state index contributed by atoms with van der Waals surface area (Å²) in [5.74, 6) is 0. The van der Waals surface area contributed by atoms with Crippen molar-refractivity contribution < 1.29 is 19.1 Å². The first-order valence-electron chi connectivity index (χ1n) is 8.51. The van der Waals surface area contributed by atoms with Crippen molar-refractivity contribution in [3.63, 3.8) is 0 Å². The summed E-state index contributed by atoms with van der Waals surface area (Å²) in [7, 11) is 0. The van der Waals surface area contributed by atoms with Crippen molar-refractivity contribution >= 4 is 34.6 Å². The summed E-state index contributed by atoms with van der Waals surface area (Å²) in [4.78, 5) is 23.4. The molecule has 0 saturated carbocycles. The smallest absolute Gasteiger partial charge is 0.412 e. The van der Waals surface area contributed by atoms with E-state index >= 15 is 0 Å². The molecule has 144 valence electrons. The van der Waals surface area contributed by atoms with Gasteiger partial charge in [-0.05, 0) is 38.0 Å². The molecule has 0 unspecified atom stereocenters. The van der Waals surface area contributed by atoms with Crippen LogP contribution < -0.4 is 10.6 Å². The first-order valence-corrected chi connectivity index (χ1v) is 9.39. The molecule has 0 aliphatic carbocycles. The Hall–Kier alpha value is -2.80. The number of amides is 2. The Morgan fingerprint density at radius 2 is 1.89 bits per heavy atom. The zero-order valence-corrected chi connectivity index (χ0v) is 16.5. The Labute approximate surface area is 163 Å². The Morgan fingerprint density at radius 3 is 2.59 bits per heavy atom. The van der Waals surface area contributed by atoms with Crippen molar-refractivity contribution in [1.82, 2.24) is 5.32 Å². The van der Waals surface area contributed by atoms with Crippen molar-refractivity contribution in [1.29, 1.82) is 0 Å². The summed E-state index contributed by atoms with van der Waals surface area (Å²) in [5, 5.41) is 7.94. The van der Waals surface area contributed by atoms with Crippen LogP contribution >= 0.6 is 11.3 Å². The Morgan fingerprint density at radius 1 is 1.15 bits per heavy atom. The third-order valence-electron chi connectivity index (χ3n) is 3.13. The van der Waals surface area contributed by atoms with E-state index in [0.717, 1.165) is 11.1 Å². The lowest BCUT2D eigenvalue weighted by Crippen LogP contribution is -2.26. The fourth-order valence-corrected chi connectivity index (χ4v) is 2.78. The highest BCUT2D eigenvalue weighted by Gasteiger charge is 2.16. The second-order valence-electron chi connectivity index (χ2n) is 6.72. The number of hydrogen-bond acceptors (Lipinski definition) is 5. The van der Waals surface area contributed by atoms with E-state index in [1.807, 2.05) is 74.7 Å². The van der Waals surface area contributed by atoms with Crippen LogP contribution in [0.1, 0.15) is 31.9 Å². The highest BCUT2D eigenvalue weighted by molar-refractivity contribution is 7.14. The Balaban J connectivity index is 1.69. The van der Waals surface area contributed by atoms with Crippen LogP contribution in [0.4, 0.5) is 14.6 Å². The van der Waals surface area contributed by atoms with Gasteiger partial charge in [0.05, 0.1) is 5.00 Å². The van der Waals surface area contributed by atoms with Crippen LogP contribution in [-0.2, 0) is 16.1 Å². The highest BCUT2D eigenvalue weighted by Crippen LogP contribution is 2.22. The van der Waals surface area contributed by atoms with Crippen molar-refractivity contribution in [3.8, 4) is 0 Å². The summed E-state index contributed by atoms with van der Waals surface area (Å²) in [6.07, 6.45) is 2.71. The molecule has 1 aromatic carbocycles. The summed E-state index contributed by atoms with van der Waals surface area (Å²) in [5.41, 5.74) is 1.32. The average molecular weight is 388 g/mol. The molecule has 0 bridgehead atoms. The molecule has 2 amide bonds. The molecular weight excluding hydrogens is 364 g/mol. The van der Waals surface area contributed by atoms with Crippen molar-refractivity contribution in [3.05, 3.63) is 59.0 Å². The van der Waals surface area contributed by atoms with Crippen LogP contribution in [0, 0.1) is 0 Å². The fraction of sp³-hybridized carbons (Fsp3) is 0.300. The monoisotopic (exact) mass is 388 g/mol. The van der Waals surface area contributed by atoms with Crippen LogP contribution in [0.5, 0.6) is 0 Å². The third-order valence-corrected chi connectivity index (χ3v) is 4.00. The molecule has 2 N–H and O–H groups in total. The zero-order chi connectivity index (χ0) is 19.7. The normalized spacial score (nSPS) is 11.2. The van der Waals surface area contributed by atoms with E-state index in [4.69, 9.17) is 9.47 Å². The number of hydrogen-bond donors (Lipinski definition) is 2. The molecule has 7 heteroatoms. The lowest BCUT2D eigenvalue weighted by molar-refractivity contribution is 0.0636. The number of rotatable bonds is 6. The van der Waals surface area contributed by atoms with E-state index in [1.165, 1.54) is 11.3 Å². The molecule has 0 spiro atoms. The molecule has 0 atom stereocenters. The summed E-state index contributed by atoms with van der Waals surface area (Å²) in [6, 6.07) is 11.3. The van der Waals surface area contributed by atoms with Crippen molar-refractivity contribution in [2.75, 3.05) is 11.9 Å². The van der Waals surface area contributed by atoms with Gasteiger partial charge in [-0.2, -0.15) is 0 Å². The van der Waals surface area contributed by atoms with E-state index in [-0.39, 0.29) is 6.61 Å². The van der Waals surface area contributed by atoms with Gasteiger partial charge in [0.1, 0.15) is 12.2 Å². The Bertz CT molecular complexity index is 779. The molecule has 2 rings (SSSR count). The molecule has 1 heterocycles. The van der Waals surface area contributed by atoms with E-state index in [9.17, 15) is 9.59 Å². The van der Waals surface area contributed by atoms with Gasteiger partial charge in [-0.15, -0.1) is 11.3 Å². The quantitative estimate of drug-likeness (QED) is 0.727. The zero-order valence-electron chi connectivity index (χ0n) is 15.7. The first kappa shape index (κ1) is 20.5. The predicted octanol–water partition coefficient (Wildman–Crippen LogP) is 5.03. The maximum absolute atomic E-state index is 11.7. The number of ether oxygens (including phenoxy) is 2. The van der Waals surface area contributed by atoms with E-state index < -0.39 is 17.8 Å². The minimum Gasteiger partial charge on any atom is -0.445 e. The predicted molar refractivity (Wildman–Crippen MR) is 108 cm³/mol. The van der Waals surface area contributed by atoms with E-state index in [2.05, 4.69) is 10.6 Å². The van der Waals surface area contributed by atoms with E-state index in [1.54, 1.807) is 0 Å². The lowest BCUT2D eigenvalue weighted by Gasteiger charge is -2.19. The summed E-state index contributed by atoms with van der Waals surface area (Å²) >= 11 is 1.40. The molecule has 0 saturated heterocycles. The molecular formula is C20H24N2O4S. The van der Waals surface area contributed by atoms with Gasteiger partial charge in [0.15, 0.2) is 0 Å². The van der Waals surface area contributed by atoms with Crippen LogP contribution in [0.15, 0.2) is 47.9 Å². The maximum Gasteiger partial charge on any atom is 0.412 e. The third kappa shape index (κ3) is 8.42. The first-order chi connectivity index (χ1) is 12.8. The molecule has 0 aliphatic heterocycles. The van der Waals surface area contributed by atoms with Gasteiger partial charge >= 0.3 is 12.2 Å². The van der Waals surface area contributed by atoms with Gasteiger partial charge in [-0.1, -0.05) is 42.5 Å². The van der Waals surface area contributed by atoms with Gasteiger partial charge in [0, 0.05) is 11.9 Å². The average Bonchev–Trinajstić information content (AvgIpc) is 3.03. The SMILES string of the molecule is CC(C)(C)OC(=O)Nc1cc(C=CCNC(=O)OCc2ccccc2)cs1. The number of carbonyl (C=O) groups is 2. The number of thiophene rings is 1. The molecule has 27 heavy (non-hydrogen) atoms. The lowest BCUT2D eigenvalue weighted by atomic mass is 10.2. The number of alkyl carbamates (subject to hydrolysis) is 1. The van der Waals surface area contributed by atoms with E-state index in [0.29, 0.717) is 11.5 Å². The van der Waals surface area contributed by atoms with Gasteiger partial charge < -0.3 is 14.8 Å². The topological polar surface area (TPSA) is 76.7 Å². The number of carbonyl (C=O) groups excluding carboxylic acids is 2. The molecule has 0 aliphatic rings. The second-order valence-corrected chi connectivity index (χ2v) is 7.63. The summed E-state index contributed by atoms with van der Waals surface area (Å²) < 4.78 is 10.3. The number of nitrogens with one attached hydrogen (secondary N) is 2. The molecule has 2 aromatic rings. The highest BCUT2D eigenvalue weighted by atomic mass is 32.1. The second kappa shape index (κ2) is 9.78. The standard InChI is InChI=1S/C20H24N2O4S/c1-20(2,3)26-19(24)22-17-12-16(14-27-17)10-7-11-21-18(23)25-13-15-8-5-4-6-9-15/h4-10,12,14H,11,13H2,1-3H3,(H,21,23)(H,22,24). The number of benzene rings is 1. The van der Waals surface area contributed by atoms with Gasteiger partial charge in [0.25, 0.3) is 0 Å². The van der Waals surface area contributed by atoms with Crippen LogP contribution in [0.3, 0.4) is 0 Å². The maximum atomic E-state index is 11.7. The molecule has 6 nitrogen and oxygen atoms in total.